The molecule has 3 aromatic carbocycles. The summed E-state index contributed by atoms with van der Waals surface area (Å²) in [6.45, 7) is 0.146. The summed E-state index contributed by atoms with van der Waals surface area (Å²) in [5.41, 5.74) is 1.57. The second-order valence-corrected chi connectivity index (χ2v) is 14.2. The molecule has 0 spiro atoms. The third-order valence-corrected chi connectivity index (χ3v) is 11.3. The topological polar surface area (TPSA) is 141 Å². The number of rotatable bonds is 15. The Balaban J connectivity index is 0.00000504. The smallest absolute Gasteiger partial charge is 0.242 e. The number of urea groups is 1. The van der Waals surface area contributed by atoms with E-state index in [-0.39, 0.29) is 82.3 Å². The minimum Gasteiger partial charge on any atom is -0.497 e. The number of nitrogens with zero attached hydrogens (tertiary/aromatic N) is 2. The zero-order valence-corrected chi connectivity index (χ0v) is 32.7. The number of hydrogen-bond acceptors (Lipinski definition) is 8. The van der Waals surface area contributed by atoms with E-state index in [1.165, 1.54) is 0 Å². The molecule has 0 bridgehead atoms. The standard InChI is InChI=1S/C38H46N4O7S.Y/c1-47-30-16-12-26(13-17-30)38(25-8-4-3-5-9-25,27-14-18-31(48-2)19-15-27)49-23-28-20-29(43)22-42(28)35(45)21-39-34(44)11-7-6-10-33-36-32(24-50-33)40-37(46)41-36;/h3-5,8-9,12-19,28-29,32-33,36,43H,6-7,10-11,20-24H2,1-2H3,(H3,39,40,41,44,46);/p-1/t28-,29+,32-,33-,36-;/m0./s1. The van der Waals surface area contributed by atoms with E-state index in [1.54, 1.807) is 19.1 Å². The number of amides is 4. The van der Waals surface area contributed by atoms with Crippen LogP contribution in [0.1, 0.15) is 48.8 Å². The molecule has 269 valence electrons. The van der Waals surface area contributed by atoms with Gasteiger partial charge in [-0.2, -0.15) is 11.8 Å². The van der Waals surface area contributed by atoms with Crippen LogP contribution in [0.3, 0.4) is 0 Å². The molecular formula is C38H45N4O7SY-. The number of thioether (sulfide) groups is 1. The van der Waals surface area contributed by atoms with Crippen LogP contribution in [-0.2, 0) is 52.6 Å². The number of ether oxygens (including phenoxy) is 3. The van der Waals surface area contributed by atoms with Gasteiger partial charge in [-0.25, -0.2) is 0 Å². The van der Waals surface area contributed by atoms with E-state index in [4.69, 9.17) is 14.2 Å². The molecule has 0 aliphatic carbocycles. The van der Waals surface area contributed by atoms with Gasteiger partial charge in [0.1, 0.15) is 17.1 Å². The van der Waals surface area contributed by atoms with Gasteiger partial charge in [0.15, 0.2) is 6.03 Å². The molecular weight excluding hydrogens is 745 g/mol. The van der Waals surface area contributed by atoms with Crippen LogP contribution in [0.4, 0.5) is 4.79 Å². The average Bonchev–Trinajstić information content (AvgIpc) is 3.83. The van der Waals surface area contributed by atoms with E-state index in [2.05, 4.69) is 16.0 Å². The molecule has 0 saturated carbocycles. The van der Waals surface area contributed by atoms with Crippen molar-refractivity contribution in [1.82, 2.24) is 15.5 Å². The number of fused-ring (bicyclic) bond motifs is 1. The summed E-state index contributed by atoms with van der Waals surface area (Å²) in [5, 5.41) is 20.9. The Morgan fingerprint density at radius 2 is 1.59 bits per heavy atom. The first kappa shape index (κ1) is 39.1. The Bertz CT molecular complexity index is 1570. The first-order valence-electron chi connectivity index (χ1n) is 17.2. The molecule has 3 fully saturated rings. The number of hydrogen-bond donors (Lipinski definition) is 3. The van der Waals surface area contributed by atoms with E-state index in [1.807, 2.05) is 90.6 Å². The predicted octanol–water partition coefficient (Wildman–Crippen LogP) is 4.60. The van der Waals surface area contributed by atoms with Crippen LogP contribution in [-0.4, -0.2) is 97.0 Å². The summed E-state index contributed by atoms with van der Waals surface area (Å²) in [6.07, 6.45) is 2.40. The normalized spacial score (nSPS) is 22.4. The van der Waals surface area contributed by atoms with Crippen molar-refractivity contribution in [3.8, 4) is 11.5 Å². The van der Waals surface area contributed by atoms with Gasteiger partial charge >= 0.3 is 0 Å². The molecule has 0 unspecified atom stereocenters. The molecule has 4 amide bonds. The third-order valence-electron chi connectivity index (χ3n) is 9.83. The number of carbonyl (C=O) groups excluding carboxylic acids is 3. The van der Waals surface area contributed by atoms with Crippen molar-refractivity contribution in [3.05, 3.63) is 101 Å². The number of likely N-dealkylation sites (tertiary alicyclic amines) is 1. The maximum atomic E-state index is 13.5. The second-order valence-electron chi connectivity index (χ2n) is 13.0. The summed E-state index contributed by atoms with van der Waals surface area (Å²) in [4.78, 5) is 39.4. The molecule has 6 rings (SSSR count). The van der Waals surface area contributed by atoms with Crippen molar-refractivity contribution >= 4 is 29.6 Å². The summed E-state index contributed by atoms with van der Waals surface area (Å²) in [6, 6.07) is 24.9. The van der Waals surface area contributed by atoms with Crippen LogP contribution >= 0.6 is 11.8 Å². The predicted molar refractivity (Wildman–Crippen MR) is 192 cm³/mol. The van der Waals surface area contributed by atoms with E-state index >= 15 is 0 Å². The van der Waals surface area contributed by atoms with Crippen LogP contribution in [0.2, 0.25) is 0 Å². The first-order valence-corrected chi connectivity index (χ1v) is 18.2. The van der Waals surface area contributed by atoms with Gasteiger partial charge < -0.3 is 40.2 Å². The molecule has 3 aliphatic rings. The monoisotopic (exact) mass is 790 g/mol. The first-order chi connectivity index (χ1) is 24.3. The van der Waals surface area contributed by atoms with Gasteiger partial charge in [-0.3, -0.25) is 14.4 Å². The van der Waals surface area contributed by atoms with Crippen molar-refractivity contribution in [3.63, 3.8) is 0 Å². The van der Waals surface area contributed by atoms with Gasteiger partial charge in [-0.15, -0.1) is 0 Å². The zero-order valence-electron chi connectivity index (χ0n) is 29.0. The molecule has 5 atom stereocenters. The molecule has 1 radical (unpaired) electrons. The van der Waals surface area contributed by atoms with Crippen LogP contribution < -0.4 is 20.1 Å². The van der Waals surface area contributed by atoms with Crippen LogP contribution in [0.25, 0.3) is 5.32 Å². The number of benzene rings is 3. The fourth-order valence-corrected chi connectivity index (χ4v) is 8.74. The number of nitrogens with one attached hydrogen (secondary N) is 2. The van der Waals surface area contributed by atoms with Gasteiger partial charge in [0.2, 0.25) is 11.8 Å². The third kappa shape index (κ3) is 9.08. The minimum absolute atomic E-state index is 0. The van der Waals surface area contributed by atoms with E-state index in [0.717, 1.165) is 35.3 Å². The van der Waals surface area contributed by atoms with E-state index in [9.17, 15) is 19.5 Å². The van der Waals surface area contributed by atoms with E-state index < -0.39 is 17.7 Å². The number of aliphatic hydroxyl groups is 1. The van der Waals surface area contributed by atoms with Crippen LogP contribution in [0.5, 0.6) is 11.5 Å². The minimum atomic E-state index is -1.06. The summed E-state index contributed by atoms with van der Waals surface area (Å²) in [5.74, 6) is 1.82. The van der Waals surface area contributed by atoms with E-state index in [0.29, 0.717) is 36.0 Å². The number of carbonyl (C=O) groups is 3. The van der Waals surface area contributed by atoms with Gasteiger partial charge in [-0.05, 0) is 78.1 Å². The maximum Gasteiger partial charge on any atom is 0.242 e. The van der Waals surface area contributed by atoms with Gasteiger partial charge in [0.25, 0.3) is 0 Å². The summed E-state index contributed by atoms with van der Waals surface area (Å²) < 4.78 is 17.9. The summed E-state index contributed by atoms with van der Waals surface area (Å²) >= 11 is 1.83. The zero-order chi connectivity index (χ0) is 35.1. The van der Waals surface area contributed by atoms with Gasteiger partial charge in [0, 0.05) is 50.9 Å². The van der Waals surface area contributed by atoms with Crippen molar-refractivity contribution in [2.24, 2.45) is 0 Å². The van der Waals surface area contributed by atoms with Crippen LogP contribution in [0.15, 0.2) is 78.9 Å². The van der Waals surface area contributed by atoms with Gasteiger partial charge in [-0.1, -0.05) is 61.0 Å². The average molecular weight is 791 g/mol. The SMILES string of the molecule is COc1ccc(C(OC[C@@H]2C[C@@H](O)CN2C(=O)CNC(=O)CCCC[C@@H]2SC[C@@H]3[N-]C(=O)N[C@@H]32)(c2ccccc2)c2ccc(OC)cc2)cc1.[Y]. The van der Waals surface area contributed by atoms with Gasteiger partial charge in [0.05, 0.1) is 39.5 Å². The number of β-amino-alcohol motifs (C(OH)–C–C–N with tert-alkyl or cyclic N) is 1. The molecule has 11 nitrogen and oxygen atoms in total. The Morgan fingerprint density at radius 3 is 2.22 bits per heavy atom. The summed E-state index contributed by atoms with van der Waals surface area (Å²) in [7, 11) is 3.25. The van der Waals surface area contributed by atoms with Crippen molar-refractivity contribution in [2.75, 3.05) is 39.7 Å². The Hall–Kier alpha value is -3.16. The molecule has 3 N–H and O–H groups in total. The molecule has 0 aromatic heterocycles. The number of unbranched alkanes of at least 4 members (excludes halogenated alkanes) is 1. The molecule has 3 saturated heterocycles. The number of methoxy groups -OCH3 is 2. The largest absolute Gasteiger partial charge is 0.497 e. The molecule has 13 heteroatoms. The Labute approximate surface area is 328 Å². The second kappa shape index (κ2) is 18.1. The Kier molecular flexibility index (Phi) is 13.8. The molecule has 3 heterocycles. The maximum absolute atomic E-state index is 13.5. The van der Waals surface area contributed by atoms with Crippen LogP contribution in [0, 0.1) is 0 Å². The van der Waals surface area contributed by atoms with Crippen molar-refractivity contribution < 1.29 is 66.4 Å². The fourth-order valence-electron chi connectivity index (χ4n) is 7.22. The molecule has 3 aliphatic heterocycles. The Morgan fingerprint density at radius 1 is 0.961 bits per heavy atom. The number of aliphatic hydroxyl groups excluding tert-OH is 1. The fraction of sp³-hybridized carbons (Fsp3) is 0.447. The quantitative estimate of drug-likeness (QED) is 0.115. The molecule has 3 aromatic rings. The van der Waals surface area contributed by atoms with Crippen molar-refractivity contribution in [1.29, 1.82) is 0 Å². The van der Waals surface area contributed by atoms with Crippen molar-refractivity contribution in [2.45, 2.75) is 67.2 Å². The molecule has 51 heavy (non-hydrogen) atoms.